The average Bonchev–Trinajstić information content (AvgIpc) is 3.10. The molecule has 2 heterocycles. The normalized spacial score (nSPS) is 10.4. The van der Waals surface area contributed by atoms with Crippen LogP contribution >= 0.6 is 0 Å². The fraction of sp³-hybridized carbons (Fsp3) is 0.176. The molecule has 0 unspecified atom stereocenters. The molecule has 0 saturated carbocycles. The van der Waals surface area contributed by atoms with E-state index in [0.717, 1.165) is 11.3 Å². The maximum atomic E-state index is 11.9. The molecule has 0 atom stereocenters. The lowest BCUT2D eigenvalue weighted by molar-refractivity contribution is -0.116. The first kappa shape index (κ1) is 15.7. The maximum absolute atomic E-state index is 11.9. The Morgan fingerprint density at radius 1 is 1.21 bits per heavy atom. The first-order valence-electron chi connectivity index (χ1n) is 7.42. The van der Waals surface area contributed by atoms with E-state index in [2.05, 4.69) is 20.4 Å². The zero-order chi connectivity index (χ0) is 16.8. The number of nitrogens with one attached hydrogen (secondary N) is 1. The SMILES string of the molecule is COc1ccc(-c2noc(CCC(=O)Nc3ccccn3)n2)cc1. The molecule has 0 fully saturated rings. The van der Waals surface area contributed by atoms with Gasteiger partial charge < -0.3 is 14.6 Å². The van der Waals surface area contributed by atoms with Gasteiger partial charge in [-0.2, -0.15) is 4.98 Å². The monoisotopic (exact) mass is 324 g/mol. The second kappa shape index (κ2) is 7.36. The Bertz CT molecular complexity index is 800. The standard InChI is InChI=1S/C17H16N4O3/c1-23-13-7-5-12(6-8-13)17-20-16(24-21-17)10-9-15(22)19-14-4-2-3-11-18-14/h2-8,11H,9-10H2,1H3,(H,18,19,22). The van der Waals surface area contributed by atoms with Crippen LogP contribution in [0.5, 0.6) is 5.75 Å². The average molecular weight is 324 g/mol. The summed E-state index contributed by atoms with van der Waals surface area (Å²) in [6.45, 7) is 0. The summed E-state index contributed by atoms with van der Waals surface area (Å²) in [7, 11) is 1.61. The number of carbonyl (C=O) groups excluding carboxylic acids is 1. The number of methoxy groups -OCH3 is 1. The molecular formula is C17H16N4O3. The highest BCUT2D eigenvalue weighted by Gasteiger charge is 2.11. The van der Waals surface area contributed by atoms with Gasteiger partial charge in [0.25, 0.3) is 0 Å². The second-order valence-electron chi connectivity index (χ2n) is 5.00. The van der Waals surface area contributed by atoms with Crippen molar-refractivity contribution in [1.82, 2.24) is 15.1 Å². The molecule has 24 heavy (non-hydrogen) atoms. The molecule has 122 valence electrons. The molecule has 3 rings (SSSR count). The molecule has 0 aliphatic carbocycles. The number of amides is 1. The summed E-state index contributed by atoms with van der Waals surface area (Å²) in [6, 6.07) is 12.7. The maximum Gasteiger partial charge on any atom is 0.227 e. The number of hydrogen-bond donors (Lipinski definition) is 1. The molecule has 1 aromatic carbocycles. The number of pyridine rings is 1. The third-order valence-corrected chi connectivity index (χ3v) is 3.31. The molecular weight excluding hydrogens is 308 g/mol. The highest BCUT2D eigenvalue weighted by Crippen LogP contribution is 2.20. The predicted octanol–water partition coefficient (Wildman–Crippen LogP) is 2.71. The molecule has 1 amide bonds. The van der Waals surface area contributed by atoms with Crippen LogP contribution in [0, 0.1) is 0 Å². The molecule has 3 aromatic rings. The second-order valence-corrected chi connectivity index (χ2v) is 5.00. The van der Waals surface area contributed by atoms with Gasteiger partial charge in [-0.1, -0.05) is 11.2 Å². The highest BCUT2D eigenvalue weighted by atomic mass is 16.5. The summed E-state index contributed by atoms with van der Waals surface area (Å²) in [5, 5.41) is 6.64. The quantitative estimate of drug-likeness (QED) is 0.750. The van der Waals surface area contributed by atoms with Crippen LogP contribution in [0.3, 0.4) is 0 Å². The van der Waals surface area contributed by atoms with Gasteiger partial charge in [0, 0.05) is 24.6 Å². The lowest BCUT2D eigenvalue weighted by atomic mass is 10.2. The smallest absolute Gasteiger partial charge is 0.227 e. The van der Waals surface area contributed by atoms with Gasteiger partial charge in [-0.15, -0.1) is 0 Å². The van der Waals surface area contributed by atoms with E-state index in [1.54, 1.807) is 25.4 Å². The number of carbonyl (C=O) groups is 1. The van der Waals surface area contributed by atoms with Crippen LogP contribution in [0.15, 0.2) is 53.2 Å². The number of nitrogens with zero attached hydrogens (tertiary/aromatic N) is 3. The van der Waals surface area contributed by atoms with Crippen molar-refractivity contribution >= 4 is 11.7 Å². The molecule has 7 heteroatoms. The Morgan fingerprint density at radius 2 is 2.04 bits per heavy atom. The highest BCUT2D eigenvalue weighted by molar-refractivity contribution is 5.89. The third-order valence-electron chi connectivity index (χ3n) is 3.31. The van der Waals surface area contributed by atoms with Crippen molar-refractivity contribution in [1.29, 1.82) is 0 Å². The molecule has 2 aromatic heterocycles. The molecule has 0 bridgehead atoms. The topological polar surface area (TPSA) is 90.1 Å². The van der Waals surface area contributed by atoms with Crippen molar-refractivity contribution in [3.63, 3.8) is 0 Å². The van der Waals surface area contributed by atoms with E-state index in [4.69, 9.17) is 9.26 Å². The largest absolute Gasteiger partial charge is 0.497 e. The van der Waals surface area contributed by atoms with Crippen LogP contribution in [0.2, 0.25) is 0 Å². The van der Waals surface area contributed by atoms with Gasteiger partial charge in [0.15, 0.2) is 0 Å². The Hall–Kier alpha value is -3.22. The van der Waals surface area contributed by atoms with E-state index in [1.165, 1.54) is 0 Å². The molecule has 0 saturated heterocycles. The molecule has 0 aliphatic rings. The lowest BCUT2D eigenvalue weighted by Gasteiger charge is -2.01. The van der Waals surface area contributed by atoms with Crippen molar-refractivity contribution in [2.75, 3.05) is 12.4 Å². The summed E-state index contributed by atoms with van der Waals surface area (Å²) in [6.07, 6.45) is 2.22. The summed E-state index contributed by atoms with van der Waals surface area (Å²) in [5.74, 6) is 2.02. The van der Waals surface area contributed by atoms with Crippen molar-refractivity contribution in [2.45, 2.75) is 12.8 Å². The van der Waals surface area contributed by atoms with E-state index in [9.17, 15) is 4.79 Å². The van der Waals surface area contributed by atoms with E-state index < -0.39 is 0 Å². The Kier molecular flexibility index (Phi) is 4.81. The minimum atomic E-state index is -0.155. The van der Waals surface area contributed by atoms with Gasteiger partial charge >= 0.3 is 0 Å². The first-order chi connectivity index (χ1) is 11.7. The molecule has 0 spiro atoms. The third kappa shape index (κ3) is 3.95. The number of hydrogen-bond acceptors (Lipinski definition) is 6. The zero-order valence-electron chi connectivity index (χ0n) is 13.1. The fourth-order valence-electron chi connectivity index (χ4n) is 2.08. The van der Waals surface area contributed by atoms with E-state index in [0.29, 0.717) is 24.0 Å². The number of aromatic nitrogens is 3. The summed E-state index contributed by atoms with van der Waals surface area (Å²) in [4.78, 5) is 20.2. The number of benzene rings is 1. The van der Waals surface area contributed by atoms with Crippen LogP contribution in [-0.2, 0) is 11.2 Å². The van der Waals surface area contributed by atoms with Crippen molar-refractivity contribution in [2.24, 2.45) is 0 Å². The Morgan fingerprint density at radius 3 is 2.75 bits per heavy atom. The van der Waals surface area contributed by atoms with Gasteiger partial charge in [-0.25, -0.2) is 4.98 Å². The van der Waals surface area contributed by atoms with Gasteiger partial charge in [0.1, 0.15) is 11.6 Å². The lowest BCUT2D eigenvalue weighted by Crippen LogP contribution is -2.13. The number of ether oxygens (including phenoxy) is 1. The van der Waals surface area contributed by atoms with Gasteiger partial charge in [0.05, 0.1) is 7.11 Å². The van der Waals surface area contributed by atoms with Gasteiger partial charge in [0.2, 0.25) is 17.6 Å². The predicted molar refractivity (Wildman–Crippen MR) is 87.5 cm³/mol. The van der Waals surface area contributed by atoms with Crippen LogP contribution in [-0.4, -0.2) is 28.1 Å². The van der Waals surface area contributed by atoms with Crippen molar-refractivity contribution in [3.05, 3.63) is 54.6 Å². The van der Waals surface area contributed by atoms with E-state index in [-0.39, 0.29) is 12.3 Å². The first-order valence-corrected chi connectivity index (χ1v) is 7.42. The number of aryl methyl sites for hydroxylation is 1. The van der Waals surface area contributed by atoms with Gasteiger partial charge in [-0.3, -0.25) is 4.79 Å². The van der Waals surface area contributed by atoms with Gasteiger partial charge in [-0.05, 0) is 36.4 Å². The number of rotatable bonds is 6. The summed E-state index contributed by atoms with van der Waals surface area (Å²) in [5.41, 5.74) is 0.823. The fourth-order valence-corrected chi connectivity index (χ4v) is 2.08. The summed E-state index contributed by atoms with van der Waals surface area (Å²) >= 11 is 0. The van der Waals surface area contributed by atoms with Crippen molar-refractivity contribution < 1.29 is 14.1 Å². The minimum Gasteiger partial charge on any atom is -0.497 e. The van der Waals surface area contributed by atoms with Crippen LogP contribution in [0.1, 0.15) is 12.3 Å². The van der Waals surface area contributed by atoms with Crippen molar-refractivity contribution in [3.8, 4) is 17.1 Å². The Labute approximate surface area is 138 Å². The van der Waals surface area contributed by atoms with E-state index in [1.807, 2.05) is 30.3 Å². The molecule has 7 nitrogen and oxygen atoms in total. The summed E-state index contributed by atoms with van der Waals surface area (Å²) < 4.78 is 10.3. The minimum absolute atomic E-state index is 0.155. The molecule has 0 radical (unpaired) electrons. The van der Waals surface area contributed by atoms with Crippen LogP contribution in [0.25, 0.3) is 11.4 Å². The van der Waals surface area contributed by atoms with E-state index >= 15 is 0 Å². The molecule has 1 N–H and O–H groups in total. The Balaban J connectivity index is 1.56. The van der Waals surface area contributed by atoms with Crippen LogP contribution in [0.4, 0.5) is 5.82 Å². The van der Waals surface area contributed by atoms with Crippen LogP contribution < -0.4 is 10.1 Å². The number of anilines is 1. The molecule has 0 aliphatic heterocycles. The zero-order valence-corrected chi connectivity index (χ0v) is 13.1.